The van der Waals surface area contributed by atoms with Crippen molar-refractivity contribution in [2.24, 2.45) is 0 Å². The molecule has 24 heavy (non-hydrogen) atoms. The summed E-state index contributed by atoms with van der Waals surface area (Å²) in [6, 6.07) is 9.57. The van der Waals surface area contributed by atoms with Crippen LogP contribution in [0.25, 0.3) is 11.1 Å². The minimum absolute atomic E-state index is 0.128. The number of carbonyl (C=O) groups is 1. The van der Waals surface area contributed by atoms with Crippen LogP contribution in [0.15, 0.2) is 54.9 Å². The van der Waals surface area contributed by atoms with Crippen LogP contribution in [0, 0.1) is 11.6 Å². The van der Waals surface area contributed by atoms with E-state index in [2.05, 4.69) is 20.6 Å². The number of nitrogens with one attached hydrogen (secondary N) is 3. The number of aromatic nitrogens is 2. The lowest BCUT2D eigenvalue weighted by Crippen LogP contribution is -2.28. The Balaban J connectivity index is 1.72. The number of hydrogen-bond donors (Lipinski definition) is 3. The molecule has 3 aromatic rings. The van der Waals surface area contributed by atoms with E-state index in [0.717, 1.165) is 0 Å². The summed E-state index contributed by atoms with van der Waals surface area (Å²) in [6.45, 7) is 0.237. The van der Waals surface area contributed by atoms with Crippen LogP contribution in [-0.2, 0) is 6.54 Å². The fourth-order valence-electron chi connectivity index (χ4n) is 2.26. The summed E-state index contributed by atoms with van der Waals surface area (Å²) in [6.07, 6.45) is 3.24. The number of anilines is 1. The van der Waals surface area contributed by atoms with Crippen molar-refractivity contribution >= 4 is 11.7 Å². The number of imidazole rings is 1. The first kappa shape index (κ1) is 15.7. The van der Waals surface area contributed by atoms with Crippen LogP contribution in [0.4, 0.5) is 19.3 Å². The highest BCUT2D eigenvalue weighted by atomic mass is 19.1. The van der Waals surface area contributed by atoms with Gasteiger partial charge in [-0.25, -0.2) is 18.6 Å². The molecule has 3 N–H and O–H groups in total. The lowest BCUT2D eigenvalue weighted by molar-refractivity contribution is 0.251. The highest BCUT2D eigenvalue weighted by molar-refractivity contribution is 5.90. The summed E-state index contributed by atoms with van der Waals surface area (Å²) in [7, 11) is 0. The third-order valence-corrected chi connectivity index (χ3v) is 3.34. The number of nitrogens with zero attached hydrogens (tertiary/aromatic N) is 1. The van der Waals surface area contributed by atoms with E-state index in [4.69, 9.17) is 0 Å². The number of halogens is 2. The fourth-order valence-corrected chi connectivity index (χ4v) is 2.26. The van der Waals surface area contributed by atoms with E-state index < -0.39 is 17.7 Å². The van der Waals surface area contributed by atoms with Crippen LogP contribution >= 0.6 is 0 Å². The molecule has 0 saturated heterocycles. The summed E-state index contributed by atoms with van der Waals surface area (Å²) in [4.78, 5) is 18.7. The van der Waals surface area contributed by atoms with Crippen molar-refractivity contribution in [3.63, 3.8) is 0 Å². The van der Waals surface area contributed by atoms with E-state index in [1.165, 1.54) is 24.3 Å². The number of hydrogen-bond acceptors (Lipinski definition) is 2. The monoisotopic (exact) mass is 328 g/mol. The smallest absolute Gasteiger partial charge is 0.319 e. The van der Waals surface area contributed by atoms with Gasteiger partial charge >= 0.3 is 6.03 Å². The molecule has 0 unspecified atom stereocenters. The molecule has 0 aliphatic heterocycles. The fraction of sp³-hybridized carbons (Fsp3) is 0.0588. The van der Waals surface area contributed by atoms with Gasteiger partial charge in [-0.05, 0) is 29.8 Å². The van der Waals surface area contributed by atoms with Gasteiger partial charge in [0.2, 0.25) is 0 Å². The van der Waals surface area contributed by atoms with Gasteiger partial charge in [-0.1, -0.05) is 18.2 Å². The van der Waals surface area contributed by atoms with Gasteiger partial charge in [0.05, 0.1) is 12.1 Å². The van der Waals surface area contributed by atoms with Gasteiger partial charge in [0.15, 0.2) is 0 Å². The summed E-state index contributed by atoms with van der Waals surface area (Å²) in [5.74, 6) is -0.698. The van der Waals surface area contributed by atoms with Gasteiger partial charge in [-0.2, -0.15) is 0 Å². The Morgan fingerprint density at radius 2 is 1.88 bits per heavy atom. The minimum atomic E-state index is -0.658. The van der Waals surface area contributed by atoms with Crippen LogP contribution in [0.5, 0.6) is 0 Å². The van der Waals surface area contributed by atoms with Gasteiger partial charge in [0, 0.05) is 18.1 Å². The number of urea groups is 1. The first-order chi connectivity index (χ1) is 11.6. The summed E-state index contributed by atoms with van der Waals surface area (Å²) in [5.41, 5.74) is 0.638. The maximum atomic E-state index is 13.9. The van der Waals surface area contributed by atoms with Crippen LogP contribution < -0.4 is 10.6 Å². The lowest BCUT2D eigenvalue weighted by Gasteiger charge is -2.09. The molecule has 0 spiro atoms. The normalized spacial score (nSPS) is 10.4. The molecule has 5 nitrogen and oxygen atoms in total. The third kappa shape index (κ3) is 3.57. The molecule has 3 rings (SSSR count). The van der Waals surface area contributed by atoms with Crippen molar-refractivity contribution in [3.05, 3.63) is 72.3 Å². The average Bonchev–Trinajstić information content (AvgIpc) is 3.07. The van der Waals surface area contributed by atoms with Crippen molar-refractivity contribution < 1.29 is 13.6 Å². The zero-order chi connectivity index (χ0) is 16.9. The summed E-state index contributed by atoms with van der Waals surface area (Å²) in [5, 5.41) is 5.24. The molecule has 2 aromatic carbocycles. The Morgan fingerprint density at radius 3 is 2.58 bits per heavy atom. The molecule has 0 aliphatic carbocycles. The molecule has 1 heterocycles. The van der Waals surface area contributed by atoms with Gasteiger partial charge in [-0.3, -0.25) is 0 Å². The van der Waals surface area contributed by atoms with E-state index in [-0.39, 0.29) is 12.1 Å². The van der Waals surface area contributed by atoms with Crippen LogP contribution in [0.2, 0.25) is 0 Å². The van der Waals surface area contributed by atoms with Crippen LogP contribution in [0.1, 0.15) is 5.82 Å². The van der Waals surface area contributed by atoms with E-state index in [1.54, 1.807) is 30.6 Å². The molecule has 0 saturated carbocycles. The standard InChI is InChI=1S/C17H14F2N4O/c18-13-5-2-6-14(19)16(13)11-3-1-4-12(9-11)23-17(24)22-10-15-20-7-8-21-15/h1-9H,10H2,(H,20,21)(H2,22,23,24). The van der Waals surface area contributed by atoms with Crippen molar-refractivity contribution in [2.75, 3.05) is 5.32 Å². The second-order valence-electron chi connectivity index (χ2n) is 5.02. The Morgan fingerprint density at radius 1 is 1.12 bits per heavy atom. The molecule has 2 amide bonds. The molecule has 0 bridgehead atoms. The zero-order valence-corrected chi connectivity index (χ0v) is 12.5. The Labute approximate surface area is 136 Å². The number of benzene rings is 2. The van der Waals surface area contributed by atoms with Crippen molar-refractivity contribution in [1.82, 2.24) is 15.3 Å². The summed E-state index contributed by atoms with van der Waals surface area (Å²) < 4.78 is 27.7. The molecule has 122 valence electrons. The molecule has 7 heteroatoms. The van der Waals surface area contributed by atoms with Gasteiger partial charge in [0.1, 0.15) is 17.5 Å². The Kier molecular flexibility index (Phi) is 4.51. The Hall–Kier alpha value is -3.22. The SMILES string of the molecule is O=C(NCc1ncc[nH]1)Nc1cccc(-c2c(F)cccc2F)c1. The molecular formula is C17H14F2N4O. The highest BCUT2D eigenvalue weighted by Crippen LogP contribution is 2.27. The van der Waals surface area contributed by atoms with E-state index in [1.807, 2.05) is 0 Å². The van der Waals surface area contributed by atoms with Gasteiger partial charge in [0.25, 0.3) is 0 Å². The van der Waals surface area contributed by atoms with Crippen molar-refractivity contribution in [1.29, 1.82) is 0 Å². The van der Waals surface area contributed by atoms with Crippen molar-refractivity contribution in [2.45, 2.75) is 6.54 Å². The van der Waals surface area contributed by atoms with E-state index in [9.17, 15) is 13.6 Å². The van der Waals surface area contributed by atoms with Crippen LogP contribution in [0.3, 0.4) is 0 Å². The number of amides is 2. The minimum Gasteiger partial charge on any atom is -0.347 e. The molecule has 1 aromatic heterocycles. The predicted octanol–water partition coefficient (Wildman–Crippen LogP) is 3.68. The predicted molar refractivity (Wildman–Crippen MR) is 86.2 cm³/mol. The highest BCUT2D eigenvalue weighted by Gasteiger charge is 2.11. The number of rotatable bonds is 4. The average molecular weight is 328 g/mol. The van der Waals surface area contributed by atoms with Crippen LogP contribution in [-0.4, -0.2) is 16.0 Å². The molecule has 0 radical (unpaired) electrons. The van der Waals surface area contributed by atoms with Crippen molar-refractivity contribution in [3.8, 4) is 11.1 Å². The first-order valence-corrected chi connectivity index (χ1v) is 7.21. The first-order valence-electron chi connectivity index (χ1n) is 7.21. The maximum absolute atomic E-state index is 13.9. The lowest BCUT2D eigenvalue weighted by atomic mass is 10.0. The van der Waals surface area contributed by atoms with E-state index >= 15 is 0 Å². The molecular weight excluding hydrogens is 314 g/mol. The van der Waals surface area contributed by atoms with Gasteiger partial charge in [-0.15, -0.1) is 0 Å². The largest absolute Gasteiger partial charge is 0.347 e. The molecule has 0 aliphatic rings. The molecule has 0 atom stereocenters. The number of H-pyrrole nitrogens is 1. The quantitative estimate of drug-likeness (QED) is 0.684. The zero-order valence-electron chi connectivity index (χ0n) is 12.5. The number of carbonyl (C=O) groups excluding carboxylic acids is 1. The maximum Gasteiger partial charge on any atom is 0.319 e. The second kappa shape index (κ2) is 6.91. The summed E-state index contributed by atoms with van der Waals surface area (Å²) >= 11 is 0. The Bertz CT molecular complexity index is 829. The van der Waals surface area contributed by atoms with Gasteiger partial charge < -0.3 is 15.6 Å². The number of aromatic amines is 1. The molecule has 0 fully saturated rings. The topological polar surface area (TPSA) is 69.8 Å². The van der Waals surface area contributed by atoms with E-state index in [0.29, 0.717) is 17.1 Å². The second-order valence-corrected chi connectivity index (χ2v) is 5.02. The third-order valence-electron chi connectivity index (χ3n) is 3.34.